The first-order chi connectivity index (χ1) is 15.2. The van der Waals surface area contributed by atoms with Crippen LogP contribution in [-0.4, -0.2) is 37.8 Å². The third kappa shape index (κ3) is 6.63. The first-order valence-corrected chi connectivity index (χ1v) is 10.7. The van der Waals surface area contributed by atoms with E-state index >= 15 is 0 Å². The highest BCUT2D eigenvalue weighted by molar-refractivity contribution is 6.00. The van der Waals surface area contributed by atoms with Gasteiger partial charge in [0.2, 0.25) is 0 Å². The van der Waals surface area contributed by atoms with E-state index < -0.39 is 6.36 Å². The van der Waals surface area contributed by atoms with Gasteiger partial charge in [0.15, 0.2) is 0 Å². The standard InChI is InChI=1S/C23H27F3N2O2.CH5N/c1-4-5-6-11-27(3)19-12-16(2)21-18(13-19)15-28(22(21)29)14-17-7-9-20(10-8-17)30-23(24,25)26;1-2/h7-10,12-13H,4-6,11,14-15H2,1-3H3;2H2,1H3. The molecule has 0 radical (unpaired) electrons. The molecule has 0 fully saturated rings. The minimum Gasteiger partial charge on any atom is -0.406 e. The lowest BCUT2D eigenvalue weighted by molar-refractivity contribution is -0.274. The molecule has 2 N–H and O–H groups in total. The molecule has 1 heterocycles. The summed E-state index contributed by atoms with van der Waals surface area (Å²) < 4.78 is 40.8. The number of fused-ring (bicyclic) bond motifs is 1. The average Bonchev–Trinajstić information content (AvgIpc) is 3.05. The van der Waals surface area contributed by atoms with Crippen LogP contribution in [0.5, 0.6) is 5.75 Å². The van der Waals surface area contributed by atoms with Crippen LogP contribution in [0.3, 0.4) is 0 Å². The highest BCUT2D eigenvalue weighted by Crippen LogP contribution is 2.32. The first kappa shape index (κ1) is 25.5. The second kappa shape index (κ2) is 11.2. The monoisotopic (exact) mass is 451 g/mol. The van der Waals surface area contributed by atoms with Crippen LogP contribution in [0.2, 0.25) is 0 Å². The number of alkyl halides is 3. The summed E-state index contributed by atoms with van der Waals surface area (Å²) >= 11 is 0. The van der Waals surface area contributed by atoms with Gasteiger partial charge in [0.1, 0.15) is 5.75 Å². The van der Waals surface area contributed by atoms with Crippen LogP contribution in [0.25, 0.3) is 0 Å². The highest BCUT2D eigenvalue weighted by atomic mass is 19.4. The van der Waals surface area contributed by atoms with Crippen LogP contribution in [-0.2, 0) is 13.1 Å². The van der Waals surface area contributed by atoms with E-state index in [-0.39, 0.29) is 11.7 Å². The molecule has 1 aliphatic rings. The Morgan fingerprint density at radius 1 is 1.12 bits per heavy atom. The summed E-state index contributed by atoms with van der Waals surface area (Å²) in [5, 5.41) is 0. The quantitative estimate of drug-likeness (QED) is 0.557. The van der Waals surface area contributed by atoms with Gasteiger partial charge >= 0.3 is 6.36 Å². The van der Waals surface area contributed by atoms with E-state index in [1.807, 2.05) is 6.92 Å². The SMILES string of the molecule is CCCCCN(C)c1cc(C)c2c(c1)CN(Cc1ccc(OC(F)(F)F)cc1)C2=O.CN. The second-order valence-electron chi connectivity index (χ2n) is 7.78. The zero-order chi connectivity index (χ0) is 23.9. The fourth-order valence-electron chi connectivity index (χ4n) is 3.80. The molecule has 5 nitrogen and oxygen atoms in total. The lowest BCUT2D eigenvalue weighted by Gasteiger charge is -2.20. The lowest BCUT2D eigenvalue weighted by atomic mass is 10.0. The van der Waals surface area contributed by atoms with Crippen LogP contribution in [0.1, 0.15) is 53.2 Å². The maximum Gasteiger partial charge on any atom is 0.573 e. The average molecular weight is 452 g/mol. The number of ether oxygens (including phenoxy) is 1. The Morgan fingerprint density at radius 2 is 1.78 bits per heavy atom. The first-order valence-electron chi connectivity index (χ1n) is 10.7. The number of nitrogens with two attached hydrogens (primary N) is 1. The van der Waals surface area contributed by atoms with Gasteiger partial charge in [0, 0.05) is 37.9 Å². The molecule has 0 saturated carbocycles. The molecule has 1 aliphatic heterocycles. The maximum absolute atomic E-state index is 12.9. The van der Waals surface area contributed by atoms with Gasteiger partial charge in [0.05, 0.1) is 0 Å². The van der Waals surface area contributed by atoms with Crippen molar-refractivity contribution in [3.63, 3.8) is 0 Å². The van der Waals surface area contributed by atoms with Gasteiger partial charge in [-0.1, -0.05) is 31.9 Å². The number of hydrogen-bond acceptors (Lipinski definition) is 4. The maximum atomic E-state index is 12.9. The largest absolute Gasteiger partial charge is 0.573 e. The van der Waals surface area contributed by atoms with Gasteiger partial charge < -0.3 is 20.3 Å². The molecule has 1 amide bonds. The molecule has 0 bridgehead atoms. The van der Waals surface area contributed by atoms with Gasteiger partial charge in [0.25, 0.3) is 5.91 Å². The van der Waals surface area contributed by atoms with Crippen molar-refractivity contribution in [3.05, 3.63) is 58.7 Å². The van der Waals surface area contributed by atoms with E-state index in [1.165, 1.54) is 32.0 Å². The third-order valence-corrected chi connectivity index (χ3v) is 5.33. The van der Waals surface area contributed by atoms with Crippen LogP contribution in [0.15, 0.2) is 36.4 Å². The number of nitrogens with zero attached hydrogens (tertiary/aromatic N) is 2. The molecule has 0 spiro atoms. The molecule has 0 aliphatic carbocycles. The molecule has 0 unspecified atom stereocenters. The zero-order valence-electron chi connectivity index (χ0n) is 19.1. The predicted molar refractivity (Wildman–Crippen MR) is 121 cm³/mol. The Hall–Kier alpha value is -2.74. The van der Waals surface area contributed by atoms with E-state index in [2.05, 4.69) is 41.5 Å². The summed E-state index contributed by atoms with van der Waals surface area (Å²) in [6.07, 6.45) is -1.23. The summed E-state index contributed by atoms with van der Waals surface area (Å²) in [5.41, 5.74) is 9.03. The molecule has 3 rings (SSSR count). The van der Waals surface area contributed by atoms with Crippen molar-refractivity contribution in [1.29, 1.82) is 0 Å². The minimum absolute atomic E-state index is 0.0432. The van der Waals surface area contributed by atoms with Crippen molar-refractivity contribution in [2.24, 2.45) is 5.73 Å². The Morgan fingerprint density at radius 3 is 2.38 bits per heavy atom. The van der Waals surface area contributed by atoms with Crippen LogP contribution < -0.4 is 15.4 Å². The summed E-state index contributed by atoms with van der Waals surface area (Å²) in [6, 6.07) is 9.77. The number of carbonyl (C=O) groups is 1. The van der Waals surface area contributed by atoms with Crippen molar-refractivity contribution >= 4 is 11.6 Å². The normalized spacial score (nSPS) is 12.9. The van der Waals surface area contributed by atoms with E-state index in [0.29, 0.717) is 13.1 Å². The Labute approximate surface area is 187 Å². The predicted octanol–water partition coefficient (Wildman–Crippen LogP) is 5.25. The summed E-state index contributed by atoms with van der Waals surface area (Å²) in [5.74, 6) is -0.313. The molecule has 2 aromatic rings. The van der Waals surface area contributed by atoms with Gasteiger partial charge in [-0.05, 0) is 61.3 Å². The summed E-state index contributed by atoms with van der Waals surface area (Å²) in [6.45, 7) is 5.92. The van der Waals surface area contributed by atoms with E-state index in [9.17, 15) is 18.0 Å². The highest BCUT2D eigenvalue weighted by Gasteiger charge is 2.32. The van der Waals surface area contributed by atoms with Crippen LogP contribution in [0.4, 0.5) is 18.9 Å². The number of halogens is 3. The number of hydrogen-bond donors (Lipinski definition) is 1. The van der Waals surface area contributed by atoms with Gasteiger partial charge in [-0.3, -0.25) is 4.79 Å². The topological polar surface area (TPSA) is 58.8 Å². The number of carbonyl (C=O) groups excluding carboxylic acids is 1. The number of aryl methyl sites for hydroxylation is 1. The number of rotatable bonds is 8. The minimum atomic E-state index is -4.72. The molecule has 0 aromatic heterocycles. The Bertz CT molecular complexity index is 899. The smallest absolute Gasteiger partial charge is 0.406 e. The Kier molecular flexibility index (Phi) is 8.95. The number of unbranched alkanes of at least 4 members (excludes halogenated alkanes) is 2. The fraction of sp³-hybridized carbons (Fsp3) is 0.458. The molecule has 8 heteroatoms. The van der Waals surface area contributed by atoms with E-state index in [0.717, 1.165) is 40.9 Å². The second-order valence-corrected chi connectivity index (χ2v) is 7.78. The van der Waals surface area contributed by atoms with Gasteiger partial charge in [-0.2, -0.15) is 0 Å². The number of benzene rings is 2. The van der Waals surface area contributed by atoms with Crippen LogP contribution >= 0.6 is 0 Å². The lowest BCUT2D eigenvalue weighted by Crippen LogP contribution is -2.23. The summed E-state index contributed by atoms with van der Waals surface area (Å²) in [4.78, 5) is 16.8. The molecular formula is C24H32F3N3O2. The molecule has 176 valence electrons. The van der Waals surface area contributed by atoms with E-state index in [4.69, 9.17) is 0 Å². The van der Waals surface area contributed by atoms with Crippen LogP contribution in [0, 0.1) is 6.92 Å². The summed E-state index contributed by atoms with van der Waals surface area (Å²) in [7, 11) is 3.57. The third-order valence-electron chi connectivity index (χ3n) is 5.33. The number of amides is 1. The van der Waals surface area contributed by atoms with Crippen molar-refractivity contribution in [2.75, 3.05) is 25.5 Å². The molecule has 0 saturated heterocycles. The van der Waals surface area contributed by atoms with Crippen molar-refractivity contribution in [1.82, 2.24) is 4.90 Å². The van der Waals surface area contributed by atoms with Crippen molar-refractivity contribution in [3.8, 4) is 5.75 Å². The fourth-order valence-corrected chi connectivity index (χ4v) is 3.80. The molecular weight excluding hydrogens is 419 g/mol. The van der Waals surface area contributed by atoms with Crippen molar-refractivity contribution in [2.45, 2.75) is 52.6 Å². The van der Waals surface area contributed by atoms with E-state index in [1.54, 1.807) is 17.0 Å². The Balaban J connectivity index is 0.00000176. The van der Waals surface area contributed by atoms with Gasteiger partial charge in [-0.25, -0.2) is 0 Å². The molecule has 32 heavy (non-hydrogen) atoms. The molecule has 0 atom stereocenters. The molecule has 2 aromatic carbocycles. The van der Waals surface area contributed by atoms with Gasteiger partial charge in [-0.15, -0.1) is 13.2 Å². The van der Waals surface area contributed by atoms with Crippen molar-refractivity contribution < 1.29 is 22.7 Å². The zero-order valence-corrected chi connectivity index (χ0v) is 19.1. The number of anilines is 1.